The third-order valence-electron chi connectivity index (χ3n) is 5.37. The van der Waals surface area contributed by atoms with Gasteiger partial charge in [-0.1, -0.05) is 44.2 Å². The van der Waals surface area contributed by atoms with Crippen LogP contribution in [0.5, 0.6) is 0 Å². The number of methoxy groups -OCH3 is 1. The molecule has 0 spiro atoms. The van der Waals surface area contributed by atoms with E-state index in [0.717, 1.165) is 12.0 Å². The van der Waals surface area contributed by atoms with Gasteiger partial charge in [0.05, 0.1) is 6.61 Å². The summed E-state index contributed by atoms with van der Waals surface area (Å²) in [6.45, 7) is 6.13. The lowest BCUT2D eigenvalue weighted by Gasteiger charge is -2.21. The predicted octanol–water partition coefficient (Wildman–Crippen LogP) is 1.45. The third kappa shape index (κ3) is 5.73. The molecule has 2 N–H and O–H groups in total. The van der Waals surface area contributed by atoms with Crippen molar-refractivity contribution in [3.05, 3.63) is 53.3 Å². The first kappa shape index (κ1) is 23.5. The van der Waals surface area contributed by atoms with Crippen LogP contribution in [-0.4, -0.2) is 65.2 Å². The first-order valence-corrected chi connectivity index (χ1v) is 10.9. The Kier molecular flexibility index (Phi) is 7.99. The molecule has 1 aliphatic rings. The van der Waals surface area contributed by atoms with Gasteiger partial charge in [0.15, 0.2) is 5.69 Å². The molecule has 172 valence electrons. The number of nitrogens with zero attached hydrogens (tertiary/aromatic N) is 3. The van der Waals surface area contributed by atoms with E-state index >= 15 is 0 Å². The zero-order chi connectivity index (χ0) is 23.1. The molecular formula is C23H31N5O4. The summed E-state index contributed by atoms with van der Waals surface area (Å²) in [5.74, 6) is -1.04. The summed E-state index contributed by atoms with van der Waals surface area (Å²) in [6.07, 6.45) is 0.741. The Labute approximate surface area is 188 Å². The number of carbonyl (C=O) groups excluding carboxylic acids is 3. The van der Waals surface area contributed by atoms with Crippen LogP contribution >= 0.6 is 0 Å². The minimum Gasteiger partial charge on any atom is -0.383 e. The largest absolute Gasteiger partial charge is 0.383 e. The quantitative estimate of drug-likeness (QED) is 0.573. The number of nitrogens with one attached hydrogen (secondary N) is 2. The molecule has 3 rings (SSSR count). The molecule has 1 atom stereocenters. The van der Waals surface area contributed by atoms with Gasteiger partial charge in [0.2, 0.25) is 5.91 Å². The lowest BCUT2D eigenvalue weighted by atomic mass is 10.0. The van der Waals surface area contributed by atoms with E-state index in [9.17, 15) is 14.4 Å². The highest BCUT2D eigenvalue weighted by atomic mass is 16.5. The number of benzene rings is 1. The molecule has 0 fully saturated rings. The number of aromatic nitrogens is 2. The summed E-state index contributed by atoms with van der Waals surface area (Å²) in [4.78, 5) is 40.2. The van der Waals surface area contributed by atoms with Crippen molar-refractivity contribution in [3.63, 3.8) is 0 Å². The predicted molar refractivity (Wildman–Crippen MR) is 119 cm³/mol. The molecule has 0 radical (unpaired) electrons. The minimum atomic E-state index is -0.717. The molecule has 9 heteroatoms. The lowest BCUT2D eigenvalue weighted by Crippen LogP contribution is -2.50. The van der Waals surface area contributed by atoms with Gasteiger partial charge in [0.1, 0.15) is 11.7 Å². The summed E-state index contributed by atoms with van der Waals surface area (Å²) in [5, 5.41) is 9.86. The molecule has 1 aromatic carbocycles. The van der Waals surface area contributed by atoms with Crippen LogP contribution in [-0.2, 0) is 22.6 Å². The molecule has 32 heavy (non-hydrogen) atoms. The van der Waals surface area contributed by atoms with Gasteiger partial charge in [-0.25, -0.2) is 0 Å². The monoisotopic (exact) mass is 441 g/mol. The zero-order valence-electron chi connectivity index (χ0n) is 18.8. The molecule has 2 aromatic rings. The molecule has 0 aliphatic carbocycles. The van der Waals surface area contributed by atoms with Gasteiger partial charge < -0.3 is 20.3 Å². The number of fused-ring (bicyclic) bond motifs is 1. The minimum absolute atomic E-state index is 0.120. The Hall–Kier alpha value is -3.20. The lowest BCUT2D eigenvalue weighted by molar-refractivity contribution is -0.124. The maximum Gasteiger partial charge on any atom is 0.272 e. The first-order chi connectivity index (χ1) is 15.4. The van der Waals surface area contributed by atoms with Gasteiger partial charge in [-0.05, 0) is 17.9 Å². The van der Waals surface area contributed by atoms with E-state index in [0.29, 0.717) is 38.5 Å². The highest BCUT2D eigenvalue weighted by Gasteiger charge is 2.29. The summed E-state index contributed by atoms with van der Waals surface area (Å²) in [6, 6.07) is 10.6. The Bertz CT molecular complexity index is 941. The second kappa shape index (κ2) is 10.9. The maximum atomic E-state index is 13.1. The highest BCUT2D eigenvalue weighted by Crippen LogP contribution is 2.17. The van der Waals surface area contributed by atoms with Gasteiger partial charge in [0.25, 0.3) is 11.8 Å². The number of amides is 3. The molecule has 3 amide bonds. The van der Waals surface area contributed by atoms with Gasteiger partial charge >= 0.3 is 0 Å². The molecule has 0 saturated carbocycles. The van der Waals surface area contributed by atoms with Crippen molar-refractivity contribution in [3.8, 4) is 0 Å². The van der Waals surface area contributed by atoms with Crippen LogP contribution in [0.25, 0.3) is 0 Å². The second-order valence-corrected chi connectivity index (χ2v) is 8.18. The molecule has 0 saturated heterocycles. The molecule has 0 bridgehead atoms. The van der Waals surface area contributed by atoms with E-state index in [1.807, 2.05) is 44.2 Å². The van der Waals surface area contributed by atoms with Gasteiger partial charge in [-0.15, -0.1) is 0 Å². The SMILES string of the molecule is COCCNC(=O)C(NC(=O)c1cc2n(n1)CCCN(Cc1ccccc1)C2=O)C(C)C. The number of hydrogen-bond donors (Lipinski definition) is 2. The fraction of sp³-hybridized carbons (Fsp3) is 0.478. The van der Waals surface area contributed by atoms with Crippen LogP contribution in [0.3, 0.4) is 0 Å². The number of aryl methyl sites for hydroxylation is 1. The van der Waals surface area contributed by atoms with Crippen molar-refractivity contribution in [2.75, 3.05) is 26.8 Å². The number of hydrogen-bond acceptors (Lipinski definition) is 5. The Balaban J connectivity index is 1.71. The van der Waals surface area contributed by atoms with Crippen LogP contribution in [0.1, 0.15) is 46.8 Å². The molecule has 1 aliphatic heterocycles. The van der Waals surface area contributed by atoms with E-state index in [-0.39, 0.29) is 23.4 Å². The van der Waals surface area contributed by atoms with E-state index in [1.54, 1.807) is 16.7 Å². The van der Waals surface area contributed by atoms with Crippen LogP contribution in [0.2, 0.25) is 0 Å². The smallest absolute Gasteiger partial charge is 0.272 e. The summed E-state index contributed by atoms with van der Waals surface area (Å²) < 4.78 is 6.53. The number of ether oxygens (including phenoxy) is 1. The van der Waals surface area contributed by atoms with Crippen molar-refractivity contribution in [1.82, 2.24) is 25.3 Å². The van der Waals surface area contributed by atoms with Crippen molar-refractivity contribution < 1.29 is 19.1 Å². The fourth-order valence-corrected chi connectivity index (χ4v) is 3.64. The van der Waals surface area contributed by atoms with Crippen molar-refractivity contribution in [2.24, 2.45) is 5.92 Å². The third-order valence-corrected chi connectivity index (χ3v) is 5.37. The van der Waals surface area contributed by atoms with E-state index in [4.69, 9.17) is 4.74 Å². The standard InChI is InChI=1S/C23H31N5O4/c1-16(2)20(22(30)24-10-13-32-3)25-21(29)18-14-19-23(31)27(11-7-12-28(19)26-18)15-17-8-5-4-6-9-17/h4-6,8-9,14,16,20H,7,10-13,15H2,1-3H3,(H,24,30)(H,25,29). The summed E-state index contributed by atoms with van der Waals surface area (Å²) >= 11 is 0. The molecule has 2 heterocycles. The van der Waals surface area contributed by atoms with E-state index in [2.05, 4.69) is 15.7 Å². The Morgan fingerprint density at radius 1 is 1.19 bits per heavy atom. The highest BCUT2D eigenvalue weighted by molar-refractivity contribution is 5.99. The van der Waals surface area contributed by atoms with Crippen LogP contribution in [0.15, 0.2) is 36.4 Å². The number of rotatable bonds is 9. The Morgan fingerprint density at radius 2 is 1.94 bits per heavy atom. The van der Waals surface area contributed by atoms with Gasteiger partial charge in [0, 0.05) is 39.4 Å². The first-order valence-electron chi connectivity index (χ1n) is 10.9. The van der Waals surface area contributed by atoms with Crippen molar-refractivity contribution in [2.45, 2.75) is 39.4 Å². The van der Waals surface area contributed by atoms with Gasteiger partial charge in [-0.3, -0.25) is 19.1 Å². The fourth-order valence-electron chi connectivity index (χ4n) is 3.64. The molecule has 9 nitrogen and oxygen atoms in total. The zero-order valence-corrected chi connectivity index (χ0v) is 18.8. The molecule has 1 unspecified atom stereocenters. The normalized spacial score (nSPS) is 14.6. The van der Waals surface area contributed by atoms with E-state index < -0.39 is 11.9 Å². The maximum absolute atomic E-state index is 13.1. The average Bonchev–Trinajstić information content (AvgIpc) is 3.15. The summed E-state index contributed by atoms with van der Waals surface area (Å²) in [7, 11) is 1.55. The number of carbonyl (C=O) groups is 3. The van der Waals surface area contributed by atoms with Gasteiger partial charge in [-0.2, -0.15) is 5.10 Å². The van der Waals surface area contributed by atoms with Crippen LogP contribution in [0, 0.1) is 5.92 Å². The average molecular weight is 442 g/mol. The van der Waals surface area contributed by atoms with Crippen LogP contribution in [0.4, 0.5) is 0 Å². The molecule has 1 aromatic heterocycles. The van der Waals surface area contributed by atoms with E-state index in [1.165, 1.54) is 6.07 Å². The Morgan fingerprint density at radius 3 is 2.62 bits per heavy atom. The van der Waals surface area contributed by atoms with Crippen molar-refractivity contribution in [1.29, 1.82) is 0 Å². The van der Waals surface area contributed by atoms with Crippen molar-refractivity contribution >= 4 is 17.7 Å². The second-order valence-electron chi connectivity index (χ2n) is 8.18. The molecular weight excluding hydrogens is 410 g/mol. The topological polar surface area (TPSA) is 106 Å². The van der Waals surface area contributed by atoms with Crippen LogP contribution < -0.4 is 10.6 Å². The summed E-state index contributed by atoms with van der Waals surface area (Å²) in [5.41, 5.74) is 1.56.